The first kappa shape index (κ1) is 16.9. The normalized spacial score (nSPS) is 10.6. The van der Waals surface area contributed by atoms with Crippen molar-refractivity contribution in [3.8, 4) is 11.6 Å². The van der Waals surface area contributed by atoms with Crippen molar-refractivity contribution in [2.75, 3.05) is 7.11 Å². The summed E-state index contributed by atoms with van der Waals surface area (Å²) in [5.74, 6) is -0.505. The predicted molar refractivity (Wildman–Crippen MR) is 90.4 cm³/mol. The molecule has 0 bridgehead atoms. The number of imidazole rings is 1. The average Bonchev–Trinajstić information content (AvgIpc) is 2.99. The maximum atomic E-state index is 11.3. The van der Waals surface area contributed by atoms with Crippen LogP contribution in [0.25, 0.3) is 5.65 Å². The molecule has 8 nitrogen and oxygen atoms in total. The Morgan fingerprint density at radius 1 is 1.40 bits per heavy atom. The zero-order valence-electron chi connectivity index (χ0n) is 13.0. The lowest BCUT2D eigenvalue weighted by Crippen LogP contribution is -2.06. The van der Waals surface area contributed by atoms with E-state index in [1.54, 1.807) is 10.6 Å². The number of aromatic carboxylic acids is 1. The molecule has 0 spiro atoms. The van der Waals surface area contributed by atoms with Crippen LogP contribution in [-0.2, 0) is 6.61 Å². The Balaban J connectivity index is 1.95. The van der Waals surface area contributed by atoms with Crippen molar-refractivity contribution < 1.29 is 24.2 Å². The van der Waals surface area contributed by atoms with E-state index >= 15 is 0 Å². The van der Waals surface area contributed by atoms with Crippen LogP contribution in [0.4, 0.5) is 0 Å². The molecule has 0 aliphatic carbocycles. The number of nitrogens with zero attached hydrogens (tertiary/aromatic N) is 3. The number of ether oxygens (including phenoxy) is 2. The molecule has 0 aliphatic rings. The summed E-state index contributed by atoms with van der Waals surface area (Å²) >= 11 is 3.26. The summed E-state index contributed by atoms with van der Waals surface area (Å²) in [4.78, 5) is 30.8. The van der Waals surface area contributed by atoms with Crippen LogP contribution in [0.3, 0.4) is 0 Å². The third-order valence-electron chi connectivity index (χ3n) is 3.44. The monoisotopic (exact) mass is 405 g/mol. The number of hydrogen-bond acceptors (Lipinski definition) is 6. The molecule has 1 N–H and O–H groups in total. The molecule has 0 radical (unpaired) electrons. The average molecular weight is 406 g/mol. The third-order valence-corrected chi connectivity index (χ3v) is 3.82. The van der Waals surface area contributed by atoms with Crippen LogP contribution in [0, 0.1) is 0 Å². The van der Waals surface area contributed by atoms with Crippen LogP contribution in [0.2, 0.25) is 0 Å². The summed E-state index contributed by atoms with van der Waals surface area (Å²) in [7, 11) is 1.45. The highest BCUT2D eigenvalue weighted by molar-refractivity contribution is 9.10. The number of carbonyl (C=O) groups is 2. The zero-order chi connectivity index (χ0) is 18.0. The van der Waals surface area contributed by atoms with E-state index in [4.69, 9.17) is 9.47 Å². The number of fused-ring (bicyclic) bond motifs is 1. The van der Waals surface area contributed by atoms with Gasteiger partial charge < -0.3 is 19.0 Å². The molecular formula is C16H12BrN3O5. The fourth-order valence-corrected chi connectivity index (χ4v) is 2.67. The number of aldehydes is 1. The Hall–Kier alpha value is -2.94. The van der Waals surface area contributed by atoms with Gasteiger partial charge in [0.05, 0.1) is 24.4 Å². The van der Waals surface area contributed by atoms with Gasteiger partial charge in [0, 0.05) is 24.0 Å². The molecule has 0 unspecified atom stereocenters. The Morgan fingerprint density at radius 2 is 2.20 bits per heavy atom. The Bertz CT molecular complexity index is 970. The van der Waals surface area contributed by atoms with E-state index in [-0.39, 0.29) is 23.5 Å². The molecule has 3 aromatic rings. The number of carbonyl (C=O) groups excluding carboxylic acids is 1. The van der Waals surface area contributed by atoms with E-state index < -0.39 is 5.97 Å². The number of pyridine rings is 2. The van der Waals surface area contributed by atoms with E-state index in [1.165, 1.54) is 31.6 Å². The lowest BCUT2D eigenvalue weighted by Gasteiger charge is -2.10. The molecule has 128 valence electrons. The molecule has 25 heavy (non-hydrogen) atoms. The first-order valence-corrected chi connectivity index (χ1v) is 7.83. The minimum atomic E-state index is -1.06. The van der Waals surface area contributed by atoms with Gasteiger partial charge in [-0.2, -0.15) is 0 Å². The quantitative estimate of drug-likeness (QED) is 0.628. The van der Waals surface area contributed by atoms with Gasteiger partial charge >= 0.3 is 5.97 Å². The van der Waals surface area contributed by atoms with E-state index in [0.29, 0.717) is 28.0 Å². The molecule has 0 saturated carbocycles. The molecule has 0 aromatic carbocycles. The smallest absolute Gasteiger partial charge is 0.337 e. The van der Waals surface area contributed by atoms with Crippen LogP contribution in [0.5, 0.6) is 11.6 Å². The van der Waals surface area contributed by atoms with Crippen molar-refractivity contribution in [1.82, 2.24) is 14.4 Å². The van der Waals surface area contributed by atoms with Crippen LogP contribution < -0.4 is 9.47 Å². The topological polar surface area (TPSA) is 103 Å². The highest BCUT2D eigenvalue weighted by Crippen LogP contribution is 2.23. The van der Waals surface area contributed by atoms with Gasteiger partial charge in [0.1, 0.15) is 22.6 Å². The molecule has 0 amide bonds. The van der Waals surface area contributed by atoms with Crippen molar-refractivity contribution in [3.05, 3.63) is 52.0 Å². The van der Waals surface area contributed by atoms with Crippen LogP contribution in [0.1, 0.15) is 26.3 Å². The summed E-state index contributed by atoms with van der Waals surface area (Å²) in [6, 6.07) is 2.94. The fourth-order valence-electron chi connectivity index (χ4n) is 2.28. The Kier molecular flexibility index (Phi) is 4.66. The summed E-state index contributed by atoms with van der Waals surface area (Å²) in [5.41, 5.74) is 1.48. The molecule has 3 rings (SSSR count). The number of carboxylic acids is 1. The van der Waals surface area contributed by atoms with Gasteiger partial charge in [-0.25, -0.2) is 14.8 Å². The van der Waals surface area contributed by atoms with Gasteiger partial charge in [-0.05, 0) is 22.0 Å². The minimum Gasteiger partial charge on any atom is -0.486 e. The maximum Gasteiger partial charge on any atom is 0.337 e. The van der Waals surface area contributed by atoms with E-state index in [0.717, 1.165) is 0 Å². The Labute approximate surface area is 150 Å². The number of methoxy groups -OCH3 is 1. The van der Waals surface area contributed by atoms with Crippen LogP contribution in [0.15, 0.2) is 35.3 Å². The lowest BCUT2D eigenvalue weighted by atomic mass is 10.2. The fraction of sp³-hybridized carbons (Fsp3) is 0.125. The number of carboxylic acid groups (broad SMARTS) is 1. The molecule has 0 aliphatic heterocycles. The van der Waals surface area contributed by atoms with Crippen LogP contribution in [-0.4, -0.2) is 38.8 Å². The number of hydrogen-bond donors (Lipinski definition) is 1. The van der Waals surface area contributed by atoms with Gasteiger partial charge in [-0.15, -0.1) is 0 Å². The number of aromatic nitrogens is 3. The van der Waals surface area contributed by atoms with Gasteiger partial charge in [-0.3, -0.25) is 4.79 Å². The van der Waals surface area contributed by atoms with E-state index in [1.807, 2.05) is 0 Å². The van der Waals surface area contributed by atoms with E-state index in [2.05, 4.69) is 25.9 Å². The molecular weight excluding hydrogens is 394 g/mol. The first-order chi connectivity index (χ1) is 12.0. The minimum absolute atomic E-state index is 0.0168. The zero-order valence-corrected chi connectivity index (χ0v) is 14.6. The largest absolute Gasteiger partial charge is 0.486 e. The second-order valence-corrected chi connectivity index (χ2v) is 5.84. The van der Waals surface area contributed by atoms with Crippen molar-refractivity contribution in [2.45, 2.75) is 6.61 Å². The molecule has 0 saturated heterocycles. The molecule has 0 fully saturated rings. The van der Waals surface area contributed by atoms with Gasteiger partial charge in [0.2, 0.25) is 5.88 Å². The SMILES string of the molecule is COc1cc(C=O)c(OCc2cc(C(=O)O)cn3cc(Br)nc23)cn1. The summed E-state index contributed by atoms with van der Waals surface area (Å²) in [6.45, 7) is 0.0168. The van der Waals surface area contributed by atoms with Gasteiger partial charge in [-0.1, -0.05) is 0 Å². The molecule has 0 atom stereocenters. The second-order valence-electron chi connectivity index (χ2n) is 5.02. The highest BCUT2D eigenvalue weighted by atomic mass is 79.9. The number of rotatable bonds is 6. The molecule has 3 heterocycles. The Morgan fingerprint density at radius 3 is 2.88 bits per heavy atom. The summed E-state index contributed by atoms with van der Waals surface area (Å²) in [5, 5.41) is 9.24. The lowest BCUT2D eigenvalue weighted by molar-refractivity contribution is 0.0696. The van der Waals surface area contributed by atoms with Gasteiger partial charge in [0.25, 0.3) is 0 Å². The standard InChI is InChI=1S/C16H12BrN3O5/c1-24-14-3-10(7-21)12(4-18-14)25-8-11-2-9(16(22)23)5-20-6-13(17)19-15(11)20/h2-7H,8H2,1H3,(H,22,23). The highest BCUT2D eigenvalue weighted by Gasteiger charge is 2.14. The maximum absolute atomic E-state index is 11.3. The van der Waals surface area contributed by atoms with Crippen molar-refractivity contribution in [3.63, 3.8) is 0 Å². The van der Waals surface area contributed by atoms with Crippen LogP contribution >= 0.6 is 15.9 Å². The van der Waals surface area contributed by atoms with Gasteiger partial charge in [0.15, 0.2) is 6.29 Å². The summed E-state index contributed by atoms with van der Waals surface area (Å²) < 4.78 is 12.8. The predicted octanol–water partition coefficient (Wildman–Crippen LogP) is 2.59. The van der Waals surface area contributed by atoms with E-state index in [9.17, 15) is 14.7 Å². The van der Waals surface area contributed by atoms with Crippen molar-refractivity contribution >= 4 is 33.8 Å². The second kappa shape index (κ2) is 6.89. The van der Waals surface area contributed by atoms with Crippen molar-refractivity contribution in [1.29, 1.82) is 0 Å². The molecule has 3 aromatic heterocycles. The first-order valence-electron chi connectivity index (χ1n) is 7.04. The summed E-state index contributed by atoms with van der Waals surface area (Å²) in [6.07, 6.45) is 5.12. The van der Waals surface area contributed by atoms with Crippen molar-refractivity contribution in [2.24, 2.45) is 0 Å². The number of halogens is 1. The molecule has 9 heteroatoms. The third kappa shape index (κ3) is 3.45.